The second-order valence-corrected chi connectivity index (χ2v) is 6.59. The minimum atomic E-state index is -0.297. The molecule has 2 N–H and O–H groups in total. The first-order chi connectivity index (χ1) is 9.93. The molecule has 1 saturated carbocycles. The van der Waals surface area contributed by atoms with Gasteiger partial charge in [0.05, 0.1) is 4.92 Å². The van der Waals surface area contributed by atoms with E-state index in [2.05, 4.69) is 24.5 Å². The maximum atomic E-state index is 11.4. The number of benzene rings is 1. The Kier molecular flexibility index (Phi) is 4.70. The molecule has 1 aromatic carbocycles. The van der Waals surface area contributed by atoms with E-state index < -0.39 is 0 Å². The van der Waals surface area contributed by atoms with Crippen LogP contribution in [0.2, 0.25) is 0 Å². The molecule has 21 heavy (non-hydrogen) atoms. The molecule has 0 spiro atoms. The van der Waals surface area contributed by atoms with Crippen LogP contribution < -0.4 is 10.6 Å². The molecule has 0 saturated heterocycles. The van der Waals surface area contributed by atoms with Crippen LogP contribution in [0.4, 0.5) is 17.1 Å². The topological polar surface area (TPSA) is 67.2 Å². The lowest BCUT2D eigenvalue weighted by atomic mass is 9.75. The molecule has 1 aliphatic rings. The highest BCUT2D eigenvalue weighted by molar-refractivity contribution is 5.76. The molecule has 1 aromatic rings. The van der Waals surface area contributed by atoms with E-state index in [9.17, 15) is 10.1 Å². The van der Waals surface area contributed by atoms with Gasteiger partial charge in [0.1, 0.15) is 11.4 Å². The summed E-state index contributed by atoms with van der Waals surface area (Å²) in [6.45, 7) is 7.14. The highest BCUT2D eigenvalue weighted by Gasteiger charge is 2.29. The van der Waals surface area contributed by atoms with Crippen LogP contribution in [0.15, 0.2) is 18.2 Å². The van der Waals surface area contributed by atoms with E-state index >= 15 is 0 Å². The predicted octanol–water partition coefficient (Wildman–Crippen LogP) is 4.41. The molecule has 0 amide bonds. The van der Waals surface area contributed by atoms with E-state index in [4.69, 9.17) is 0 Å². The minimum Gasteiger partial charge on any atom is -0.380 e. The van der Waals surface area contributed by atoms with Crippen molar-refractivity contribution < 1.29 is 4.92 Å². The maximum Gasteiger partial charge on any atom is 0.315 e. The van der Waals surface area contributed by atoms with Crippen molar-refractivity contribution in [3.8, 4) is 0 Å². The van der Waals surface area contributed by atoms with Crippen molar-refractivity contribution in [3.05, 3.63) is 28.3 Å². The van der Waals surface area contributed by atoms with Crippen LogP contribution in [-0.4, -0.2) is 17.5 Å². The molecule has 1 atom stereocenters. The fraction of sp³-hybridized carbons (Fsp3) is 0.625. The molecule has 116 valence electrons. The van der Waals surface area contributed by atoms with Gasteiger partial charge in [-0.3, -0.25) is 10.1 Å². The van der Waals surface area contributed by atoms with E-state index in [0.717, 1.165) is 12.8 Å². The van der Waals surface area contributed by atoms with Gasteiger partial charge in [0.2, 0.25) is 0 Å². The number of anilines is 2. The molecular weight excluding hydrogens is 266 g/mol. The fourth-order valence-corrected chi connectivity index (χ4v) is 3.23. The van der Waals surface area contributed by atoms with Gasteiger partial charge in [0, 0.05) is 12.6 Å². The molecule has 1 unspecified atom stereocenters. The Bertz CT molecular complexity index is 514. The summed E-state index contributed by atoms with van der Waals surface area (Å²) >= 11 is 0. The Labute approximate surface area is 126 Å². The number of nitro benzene ring substituents is 1. The average molecular weight is 291 g/mol. The van der Waals surface area contributed by atoms with Gasteiger partial charge >= 0.3 is 5.69 Å². The zero-order valence-corrected chi connectivity index (χ0v) is 13.1. The number of hydrogen-bond acceptors (Lipinski definition) is 4. The molecular formula is C16H25N3O2. The molecule has 5 heteroatoms. The van der Waals surface area contributed by atoms with Crippen LogP contribution in [0.1, 0.15) is 46.5 Å². The van der Waals surface area contributed by atoms with E-state index in [1.807, 2.05) is 13.0 Å². The summed E-state index contributed by atoms with van der Waals surface area (Å²) in [5, 5.41) is 17.9. The lowest BCUT2D eigenvalue weighted by Gasteiger charge is -2.36. The summed E-state index contributed by atoms with van der Waals surface area (Å²) in [5.74, 6) is 0. The van der Waals surface area contributed by atoms with Gasteiger partial charge in [0.25, 0.3) is 0 Å². The Balaban J connectivity index is 2.23. The largest absolute Gasteiger partial charge is 0.380 e. The average Bonchev–Trinajstić information content (AvgIpc) is 2.37. The SMILES string of the molecule is CCNc1cccc(NC2CCCC(C)(C)C2)c1[N+](=O)[O-]. The van der Waals surface area contributed by atoms with Crippen molar-refractivity contribution in [1.29, 1.82) is 0 Å². The van der Waals surface area contributed by atoms with Crippen LogP contribution in [0, 0.1) is 15.5 Å². The maximum absolute atomic E-state index is 11.4. The van der Waals surface area contributed by atoms with Crippen molar-refractivity contribution in [2.24, 2.45) is 5.41 Å². The summed E-state index contributed by atoms with van der Waals surface area (Å²) < 4.78 is 0. The van der Waals surface area contributed by atoms with Crippen LogP contribution in [0.25, 0.3) is 0 Å². The first kappa shape index (κ1) is 15.6. The number of nitrogens with zero attached hydrogens (tertiary/aromatic N) is 1. The van der Waals surface area contributed by atoms with Gasteiger partial charge in [-0.05, 0) is 43.7 Å². The van der Waals surface area contributed by atoms with Crippen molar-refractivity contribution in [1.82, 2.24) is 0 Å². The van der Waals surface area contributed by atoms with Crippen LogP contribution in [0.5, 0.6) is 0 Å². The summed E-state index contributed by atoms with van der Waals surface area (Å²) in [6, 6.07) is 5.74. The predicted molar refractivity (Wildman–Crippen MR) is 86.9 cm³/mol. The lowest BCUT2D eigenvalue weighted by Crippen LogP contribution is -2.32. The van der Waals surface area contributed by atoms with Crippen LogP contribution >= 0.6 is 0 Å². The Morgan fingerprint density at radius 3 is 2.71 bits per heavy atom. The fourth-order valence-electron chi connectivity index (χ4n) is 3.23. The van der Waals surface area contributed by atoms with Gasteiger partial charge in [-0.15, -0.1) is 0 Å². The quantitative estimate of drug-likeness (QED) is 0.623. The lowest BCUT2D eigenvalue weighted by molar-refractivity contribution is -0.383. The van der Waals surface area contributed by atoms with Gasteiger partial charge < -0.3 is 10.6 Å². The molecule has 5 nitrogen and oxygen atoms in total. The first-order valence-electron chi connectivity index (χ1n) is 7.71. The summed E-state index contributed by atoms with van der Waals surface area (Å²) in [6.07, 6.45) is 4.53. The van der Waals surface area contributed by atoms with Gasteiger partial charge in [-0.25, -0.2) is 0 Å². The third-order valence-electron chi connectivity index (χ3n) is 4.15. The highest BCUT2D eigenvalue weighted by atomic mass is 16.6. The standard InChI is InChI=1S/C16H25N3O2/c1-4-17-13-8-5-9-14(15(13)19(20)21)18-12-7-6-10-16(2,3)11-12/h5,8-9,12,17-18H,4,6-7,10-11H2,1-3H3. The molecule has 2 rings (SSSR count). The van der Waals surface area contributed by atoms with E-state index in [1.165, 1.54) is 12.8 Å². The van der Waals surface area contributed by atoms with Gasteiger partial charge in [0.15, 0.2) is 0 Å². The second kappa shape index (κ2) is 6.33. The minimum absolute atomic E-state index is 0.155. The van der Waals surface area contributed by atoms with Gasteiger partial charge in [-0.2, -0.15) is 0 Å². The van der Waals surface area contributed by atoms with Crippen molar-refractivity contribution in [2.75, 3.05) is 17.2 Å². The molecule has 1 aliphatic carbocycles. The van der Waals surface area contributed by atoms with E-state index in [1.54, 1.807) is 12.1 Å². The number of rotatable bonds is 5. The first-order valence-corrected chi connectivity index (χ1v) is 7.71. The molecule has 0 radical (unpaired) electrons. The van der Waals surface area contributed by atoms with Crippen LogP contribution in [-0.2, 0) is 0 Å². The van der Waals surface area contributed by atoms with E-state index in [0.29, 0.717) is 29.4 Å². The zero-order valence-electron chi connectivity index (χ0n) is 13.1. The smallest absolute Gasteiger partial charge is 0.315 e. The number of nitrogens with one attached hydrogen (secondary N) is 2. The molecule has 0 bridgehead atoms. The van der Waals surface area contributed by atoms with Gasteiger partial charge in [-0.1, -0.05) is 26.3 Å². The normalized spacial score (nSPS) is 20.8. The molecule has 0 heterocycles. The summed E-state index contributed by atoms with van der Waals surface area (Å²) in [5.41, 5.74) is 1.68. The number of para-hydroxylation sites is 1. The second-order valence-electron chi connectivity index (χ2n) is 6.59. The third-order valence-corrected chi connectivity index (χ3v) is 4.15. The summed E-state index contributed by atoms with van der Waals surface area (Å²) in [4.78, 5) is 11.1. The van der Waals surface area contributed by atoms with Crippen molar-refractivity contribution >= 4 is 17.1 Å². The van der Waals surface area contributed by atoms with Crippen molar-refractivity contribution in [3.63, 3.8) is 0 Å². The molecule has 0 aromatic heterocycles. The van der Waals surface area contributed by atoms with E-state index in [-0.39, 0.29) is 10.6 Å². The number of hydrogen-bond donors (Lipinski definition) is 2. The monoisotopic (exact) mass is 291 g/mol. The third kappa shape index (κ3) is 3.86. The van der Waals surface area contributed by atoms with Crippen molar-refractivity contribution in [2.45, 2.75) is 52.5 Å². The molecule has 1 fully saturated rings. The Morgan fingerprint density at radius 2 is 2.10 bits per heavy atom. The Morgan fingerprint density at radius 1 is 1.38 bits per heavy atom. The molecule has 0 aliphatic heterocycles. The highest BCUT2D eigenvalue weighted by Crippen LogP contribution is 2.39. The number of nitro groups is 1. The Hall–Kier alpha value is -1.78. The summed E-state index contributed by atoms with van der Waals surface area (Å²) in [7, 11) is 0. The van der Waals surface area contributed by atoms with Crippen LogP contribution in [0.3, 0.4) is 0 Å². The zero-order chi connectivity index (χ0) is 15.5.